The second-order valence-electron chi connectivity index (χ2n) is 2.79. The van der Waals surface area contributed by atoms with Crippen molar-refractivity contribution in [3.8, 4) is 0 Å². The van der Waals surface area contributed by atoms with E-state index < -0.39 is 0 Å². The topological polar surface area (TPSA) is 24.1 Å². The maximum atomic E-state index is 3.11. The Kier molecular flexibility index (Phi) is 2.93. The van der Waals surface area contributed by atoms with Crippen LogP contribution in [0.3, 0.4) is 0 Å². The predicted molar refractivity (Wildman–Crippen MR) is 48.3 cm³/mol. The zero-order valence-corrected chi connectivity index (χ0v) is 6.96. The third kappa shape index (κ3) is 3.05. The first-order valence-electron chi connectivity index (χ1n) is 3.85. The van der Waals surface area contributed by atoms with Crippen LogP contribution in [-0.4, -0.2) is 6.04 Å². The molecule has 2 N–H and O–H groups in total. The summed E-state index contributed by atoms with van der Waals surface area (Å²) in [6, 6.07) is 10.5. The molecular weight excluding hydrogens is 136 g/mol. The number of nitrogens with one attached hydrogen (secondary N) is 2. The number of hydrogen-bond acceptors (Lipinski definition) is 2. The summed E-state index contributed by atoms with van der Waals surface area (Å²) >= 11 is 0. The first-order chi connectivity index (χ1) is 5.29. The van der Waals surface area contributed by atoms with Gasteiger partial charge < -0.3 is 5.43 Å². The van der Waals surface area contributed by atoms with Crippen molar-refractivity contribution < 1.29 is 0 Å². The van der Waals surface area contributed by atoms with Crippen molar-refractivity contribution in [2.45, 2.75) is 19.9 Å². The van der Waals surface area contributed by atoms with E-state index in [0.717, 1.165) is 5.69 Å². The van der Waals surface area contributed by atoms with Gasteiger partial charge in [-0.25, -0.2) is 5.43 Å². The summed E-state index contributed by atoms with van der Waals surface area (Å²) in [5.74, 6) is 0. The van der Waals surface area contributed by atoms with E-state index in [9.17, 15) is 0 Å². The average Bonchev–Trinajstić information content (AvgIpc) is 2.03. The summed E-state index contributed by atoms with van der Waals surface area (Å²) in [7, 11) is 0. The van der Waals surface area contributed by atoms with Crippen molar-refractivity contribution >= 4 is 5.69 Å². The van der Waals surface area contributed by atoms with Gasteiger partial charge in [-0.3, -0.25) is 0 Å². The van der Waals surface area contributed by atoms with E-state index in [4.69, 9.17) is 0 Å². The smallest absolute Gasteiger partial charge is 0.0487 e. The second-order valence-corrected chi connectivity index (χ2v) is 2.79. The summed E-state index contributed by atoms with van der Waals surface area (Å²) in [6.07, 6.45) is 0. The molecule has 60 valence electrons. The second kappa shape index (κ2) is 3.98. The number of benzene rings is 1. The maximum absolute atomic E-state index is 3.11. The van der Waals surface area contributed by atoms with Crippen LogP contribution in [-0.2, 0) is 0 Å². The van der Waals surface area contributed by atoms with Gasteiger partial charge in [0.2, 0.25) is 0 Å². The Hall–Kier alpha value is -1.02. The molecule has 11 heavy (non-hydrogen) atoms. The van der Waals surface area contributed by atoms with Crippen molar-refractivity contribution in [2.75, 3.05) is 5.43 Å². The molecule has 0 radical (unpaired) electrons. The number of para-hydroxylation sites is 1. The van der Waals surface area contributed by atoms with Crippen LogP contribution in [0.15, 0.2) is 30.3 Å². The van der Waals surface area contributed by atoms with Gasteiger partial charge in [0.05, 0.1) is 0 Å². The van der Waals surface area contributed by atoms with Gasteiger partial charge in [0, 0.05) is 11.7 Å². The minimum atomic E-state index is 0.454. The van der Waals surface area contributed by atoms with Crippen LogP contribution >= 0.6 is 0 Å². The van der Waals surface area contributed by atoms with Gasteiger partial charge in [0.15, 0.2) is 0 Å². The van der Waals surface area contributed by atoms with Crippen LogP contribution in [0.5, 0.6) is 0 Å². The van der Waals surface area contributed by atoms with E-state index in [1.807, 2.05) is 30.3 Å². The molecule has 0 fully saturated rings. The fourth-order valence-corrected chi connectivity index (χ4v) is 0.749. The van der Waals surface area contributed by atoms with E-state index in [-0.39, 0.29) is 0 Å². The molecule has 0 heterocycles. The van der Waals surface area contributed by atoms with Gasteiger partial charge in [-0.15, -0.1) is 0 Å². The fraction of sp³-hybridized carbons (Fsp3) is 0.333. The van der Waals surface area contributed by atoms with E-state index >= 15 is 0 Å². The van der Waals surface area contributed by atoms with Crippen molar-refractivity contribution in [1.29, 1.82) is 0 Å². The van der Waals surface area contributed by atoms with Crippen LogP contribution < -0.4 is 10.9 Å². The molecule has 0 amide bonds. The monoisotopic (exact) mass is 150 g/mol. The summed E-state index contributed by atoms with van der Waals surface area (Å²) in [5, 5.41) is 0. The molecule has 0 spiro atoms. The zero-order chi connectivity index (χ0) is 8.10. The van der Waals surface area contributed by atoms with Gasteiger partial charge in [-0.1, -0.05) is 18.2 Å². The lowest BCUT2D eigenvalue weighted by Gasteiger charge is -2.10. The van der Waals surface area contributed by atoms with E-state index in [1.54, 1.807) is 0 Å². The molecule has 1 aromatic rings. The Bertz CT molecular complexity index is 194. The molecule has 1 rings (SSSR count). The summed E-state index contributed by atoms with van der Waals surface area (Å²) in [4.78, 5) is 0. The molecule has 0 aliphatic carbocycles. The standard InChI is InChI=1S/C9H14N2/c1-8(2)10-11-9-6-4-3-5-7-9/h3-8,10-11H,1-2H3. The highest BCUT2D eigenvalue weighted by Gasteiger charge is 1.89. The van der Waals surface area contributed by atoms with E-state index in [0.29, 0.717) is 6.04 Å². The van der Waals surface area contributed by atoms with Crippen LogP contribution in [0.2, 0.25) is 0 Å². The van der Waals surface area contributed by atoms with Crippen molar-refractivity contribution in [3.63, 3.8) is 0 Å². The molecule has 1 aromatic carbocycles. The highest BCUT2D eigenvalue weighted by atomic mass is 15.4. The molecule has 0 atom stereocenters. The van der Waals surface area contributed by atoms with Crippen molar-refractivity contribution in [3.05, 3.63) is 30.3 Å². The minimum Gasteiger partial charge on any atom is -0.321 e. The Labute approximate surface area is 67.6 Å². The van der Waals surface area contributed by atoms with E-state index in [2.05, 4.69) is 24.7 Å². The Balaban J connectivity index is 2.39. The van der Waals surface area contributed by atoms with Gasteiger partial charge >= 0.3 is 0 Å². The number of anilines is 1. The predicted octanol–water partition coefficient (Wildman–Crippen LogP) is 2.01. The van der Waals surface area contributed by atoms with Gasteiger partial charge in [-0.2, -0.15) is 0 Å². The number of hydrazine groups is 1. The molecule has 0 saturated carbocycles. The van der Waals surface area contributed by atoms with Crippen LogP contribution in [0, 0.1) is 0 Å². The third-order valence-corrected chi connectivity index (χ3v) is 1.28. The third-order valence-electron chi connectivity index (χ3n) is 1.28. The van der Waals surface area contributed by atoms with Crippen LogP contribution in [0.1, 0.15) is 13.8 Å². The SMILES string of the molecule is CC(C)NNc1ccccc1. The van der Waals surface area contributed by atoms with Crippen molar-refractivity contribution in [1.82, 2.24) is 5.43 Å². The summed E-state index contributed by atoms with van der Waals surface area (Å²) in [5.41, 5.74) is 7.30. The Morgan fingerprint density at radius 2 is 1.73 bits per heavy atom. The molecule has 0 bridgehead atoms. The fourth-order valence-electron chi connectivity index (χ4n) is 0.749. The highest BCUT2D eigenvalue weighted by Crippen LogP contribution is 2.02. The van der Waals surface area contributed by atoms with Crippen molar-refractivity contribution in [2.24, 2.45) is 0 Å². The van der Waals surface area contributed by atoms with Crippen LogP contribution in [0.25, 0.3) is 0 Å². The molecule has 0 unspecified atom stereocenters. The Morgan fingerprint density at radius 1 is 1.09 bits per heavy atom. The van der Waals surface area contributed by atoms with Gasteiger partial charge in [-0.05, 0) is 26.0 Å². The first kappa shape index (κ1) is 8.08. The molecule has 2 nitrogen and oxygen atoms in total. The van der Waals surface area contributed by atoms with Gasteiger partial charge in [0.25, 0.3) is 0 Å². The lowest BCUT2D eigenvalue weighted by atomic mass is 10.3. The molecule has 0 aliphatic rings. The Morgan fingerprint density at radius 3 is 2.27 bits per heavy atom. The normalized spacial score (nSPS) is 10.1. The minimum absolute atomic E-state index is 0.454. The molecule has 0 saturated heterocycles. The maximum Gasteiger partial charge on any atom is 0.0487 e. The lowest BCUT2D eigenvalue weighted by molar-refractivity contribution is 0.660. The zero-order valence-electron chi connectivity index (χ0n) is 6.96. The number of hydrogen-bond donors (Lipinski definition) is 2. The quantitative estimate of drug-likeness (QED) is 0.644. The number of rotatable bonds is 3. The first-order valence-corrected chi connectivity index (χ1v) is 3.85. The molecule has 0 aromatic heterocycles. The molecular formula is C9H14N2. The largest absolute Gasteiger partial charge is 0.321 e. The van der Waals surface area contributed by atoms with E-state index in [1.165, 1.54) is 0 Å². The highest BCUT2D eigenvalue weighted by molar-refractivity contribution is 5.41. The molecule has 2 heteroatoms. The molecule has 0 aliphatic heterocycles. The van der Waals surface area contributed by atoms with Crippen LogP contribution in [0.4, 0.5) is 5.69 Å². The lowest BCUT2D eigenvalue weighted by Crippen LogP contribution is -2.28. The summed E-state index contributed by atoms with van der Waals surface area (Å²) in [6.45, 7) is 4.19. The summed E-state index contributed by atoms with van der Waals surface area (Å²) < 4.78 is 0. The van der Waals surface area contributed by atoms with Gasteiger partial charge in [0.1, 0.15) is 0 Å². The average molecular weight is 150 g/mol.